The molecule has 8 heteroatoms. The second-order valence-corrected chi connectivity index (χ2v) is 20.0. The molecule has 4 aromatic rings. The van der Waals surface area contributed by atoms with Gasteiger partial charge < -0.3 is 19.7 Å². The largest absolute Gasteiger partial charge is 0.508 e. The third-order valence-corrected chi connectivity index (χ3v) is 16.2. The van der Waals surface area contributed by atoms with Crippen LogP contribution in [0, 0.1) is 17.8 Å². The van der Waals surface area contributed by atoms with E-state index in [0.29, 0.717) is 24.1 Å². The molecule has 6 rings (SSSR count). The number of carbonyl (C=O) groups is 2. The zero-order valence-electron chi connectivity index (χ0n) is 31.8. The monoisotopic (exact) mass is 743 g/mol. The fraction of sp³-hybridized carbons (Fsp3) is 0.348. The van der Waals surface area contributed by atoms with Crippen LogP contribution in [0.2, 0.25) is 5.04 Å². The number of para-hydroxylation sites is 1. The summed E-state index contributed by atoms with van der Waals surface area (Å²) in [6, 6.07) is 36.8. The van der Waals surface area contributed by atoms with Gasteiger partial charge in [0.1, 0.15) is 5.75 Å². The normalized spacial score (nSPS) is 20.0. The van der Waals surface area contributed by atoms with E-state index in [4.69, 9.17) is 4.43 Å². The second-order valence-electron chi connectivity index (χ2n) is 15.7. The number of amides is 2. The first kappa shape index (κ1) is 39.1. The summed E-state index contributed by atoms with van der Waals surface area (Å²) in [7, 11) is -3.03. The quantitative estimate of drug-likeness (QED) is 0.0706. The Bertz CT molecular complexity index is 1930. The fourth-order valence-corrected chi connectivity index (χ4v) is 13.3. The molecule has 1 aliphatic carbocycles. The van der Waals surface area contributed by atoms with Gasteiger partial charge in [-0.1, -0.05) is 137 Å². The molecule has 0 unspecified atom stereocenters. The molecule has 1 aliphatic heterocycles. The Balaban J connectivity index is 1.42. The first-order chi connectivity index (χ1) is 26.0. The van der Waals surface area contributed by atoms with Crippen LogP contribution in [-0.4, -0.2) is 54.8 Å². The maximum atomic E-state index is 14.2. The van der Waals surface area contributed by atoms with Crippen molar-refractivity contribution in [1.82, 2.24) is 0 Å². The van der Waals surface area contributed by atoms with Gasteiger partial charge in [0.15, 0.2) is 0 Å². The van der Waals surface area contributed by atoms with Crippen molar-refractivity contribution in [2.75, 3.05) is 18.1 Å². The number of nitrogens with zero attached hydrogens (tertiary/aromatic N) is 1. The van der Waals surface area contributed by atoms with E-state index in [1.165, 1.54) is 4.90 Å². The number of imide groups is 1. The van der Waals surface area contributed by atoms with Gasteiger partial charge in [-0.25, -0.2) is 0 Å². The molecule has 54 heavy (non-hydrogen) atoms. The van der Waals surface area contributed by atoms with Crippen molar-refractivity contribution >= 4 is 42.3 Å². The molecular weight excluding hydrogens is 691 g/mol. The molecule has 4 aromatic carbocycles. The predicted molar refractivity (Wildman–Crippen MR) is 218 cm³/mol. The van der Waals surface area contributed by atoms with Crippen molar-refractivity contribution in [2.24, 2.45) is 17.8 Å². The van der Waals surface area contributed by atoms with E-state index >= 15 is 0 Å². The van der Waals surface area contributed by atoms with E-state index < -0.39 is 38.8 Å². The number of aliphatic hydroxyl groups is 2. The number of hydrogen-bond acceptors (Lipinski definition) is 6. The van der Waals surface area contributed by atoms with Crippen molar-refractivity contribution in [1.29, 1.82) is 0 Å². The van der Waals surface area contributed by atoms with Gasteiger partial charge in [0, 0.05) is 5.92 Å². The number of anilines is 1. The lowest BCUT2D eigenvalue weighted by atomic mass is 9.68. The average molecular weight is 744 g/mol. The van der Waals surface area contributed by atoms with Gasteiger partial charge in [0.2, 0.25) is 11.8 Å². The van der Waals surface area contributed by atoms with Crippen LogP contribution >= 0.6 is 0 Å². The lowest BCUT2D eigenvalue weighted by Crippen LogP contribution is -2.66. The summed E-state index contributed by atoms with van der Waals surface area (Å²) in [6.45, 7) is 8.50. The third-order valence-electron chi connectivity index (χ3n) is 11.2. The van der Waals surface area contributed by atoms with Crippen LogP contribution in [0.15, 0.2) is 132 Å². The molecule has 4 atom stereocenters. The molecule has 7 nitrogen and oxygen atoms in total. The summed E-state index contributed by atoms with van der Waals surface area (Å²) in [5.74, 6) is -2.69. The van der Waals surface area contributed by atoms with Gasteiger partial charge >= 0.3 is 0 Å². The zero-order chi connectivity index (χ0) is 38.5. The van der Waals surface area contributed by atoms with Crippen molar-refractivity contribution in [3.8, 4) is 5.75 Å². The van der Waals surface area contributed by atoms with E-state index in [2.05, 4.69) is 58.0 Å². The molecule has 2 amide bonds. The van der Waals surface area contributed by atoms with Gasteiger partial charge in [-0.05, 0) is 82.1 Å². The summed E-state index contributed by atoms with van der Waals surface area (Å²) in [4.78, 5) is 29.7. The maximum absolute atomic E-state index is 14.2. The van der Waals surface area contributed by atoms with E-state index in [1.807, 2.05) is 54.6 Å². The first-order valence-corrected chi connectivity index (χ1v) is 21.1. The number of aromatic hydroxyl groups is 1. The topological polar surface area (TPSA) is 107 Å². The Morgan fingerprint density at radius 3 is 2.04 bits per heavy atom. The Kier molecular flexibility index (Phi) is 12.2. The van der Waals surface area contributed by atoms with Gasteiger partial charge in [0.25, 0.3) is 8.32 Å². The lowest BCUT2D eigenvalue weighted by Gasteiger charge is -2.44. The minimum absolute atomic E-state index is 0.146. The highest BCUT2D eigenvalue weighted by atomic mass is 28.4. The number of fused-ring (bicyclic) bond motifs is 1. The van der Waals surface area contributed by atoms with Crippen molar-refractivity contribution < 1.29 is 29.3 Å². The van der Waals surface area contributed by atoms with Crippen LogP contribution < -0.4 is 15.3 Å². The Hall–Kier alpha value is -4.60. The van der Waals surface area contributed by atoms with Gasteiger partial charge in [0.05, 0.1) is 36.8 Å². The molecule has 1 heterocycles. The number of benzene rings is 4. The minimum Gasteiger partial charge on any atom is -0.508 e. The molecule has 0 spiro atoms. The van der Waals surface area contributed by atoms with Crippen molar-refractivity contribution in [3.63, 3.8) is 0 Å². The Morgan fingerprint density at radius 2 is 1.48 bits per heavy atom. The van der Waals surface area contributed by atoms with Crippen molar-refractivity contribution in [3.05, 3.63) is 138 Å². The molecule has 282 valence electrons. The highest BCUT2D eigenvalue weighted by Crippen LogP contribution is 2.48. The summed E-state index contributed by atoms with van der Waals surface area (Å²) in [5.41, 5.74) is 3.91. The molecule has 1 fully saturated rings. The second kappa shape index (κ2) is 16.8. The maximum Gasteiger partial charge on any atom is 0.261 e. The highest BCUT2D eigenvalue weighted by Gasteiger charge is 2.56. The predicted octanol–water partition coefficient (Wildman–Crippen LogP) is 7.41. The van der Waals surface area contributed by atoms with Crippen LogP contribution in [0.3, 0.4) is 0 Å². The highest BCUT2D eigenvalue weighted by molar-refractivity contribution is 6.99. The van der Waals surface area contributed by atoms with Gasteiger partial charge in [-0.2, -0.15) is 0 Å². The minimum atomic E-state index is -3.03. The zero-order valence-corrected chi connectivity index (χ0v) is 32.8. The number of hydrogen-bond donors (Lipinski definition) is 3. The third kappa shape index (κ3) is 7.80. The summed E-state index contributed by atoms with van der Waals surface area (Å²) in [5, 5.41) is 35.4. The van der Waals surface area contributed by atoms with Gasteiger partial charge in [-0.3, -0.25) is 14.5 Å². The summed E-state index contributed by atoms with van der Waals surface area (Å²) < 4.78 is 7.40. The number of rotatable bonds is 14. The van der Waals surface area contributed by atoms with Crippen LogP contribution in [0.4, 0.5) is 5.69 Å². The van der Waals surface area contributed by atoms with Crippen LogP contribution in [0.5, 0.6) is 5.75 Å². The van der Waals surface area contributed by atoms with Crippen LogP contribution in [-0.2, 0) is 14.0 Å². The molecule has 0 radical (unpaired) electrons. The smallest absolute Gasteiger partial charge is 0.261 e. The molecule has 0 bridgehead atoms. The molecule has 1 saturated heterocycles. The lowest BCUT2D eigenvalue weighted by molar-refractivity contribution is -0.123. The van der Waals surface area contributed by atoms with E-state index in [9.17, 15) is 24.9 Å². The van der Waals surface area contributed by atoms with Crippen LogP contribution in [0.1, 0.15) is 65.4 Å². The number of aliphatic hydroxyl groups excluding tert-OH is 2. The molecule has 3 N–H and O–H groups in total. The van der Waals surface area contributed by atoms with Gasteiger partial charge in [-0.15, -0.1) is 0 Å². The Labute approximate surface area is 320 Å². The fourth-order valence-electron chi connectivity index (χ4n) is 8.80. The number of phenols is 1. The van der Waals surface area contributed by atoms with E-state index in [1.54, 1.807) is 36.4 Å². The van der Waals surface area contributed by atoms with Crippen molar-refractivity contribution in [2.45, 2.75) is 70.9 Å². The number of allylic oxidation sites excluding steroid dienone is 1. The van der Waals surface area contributed by atoms with E-state index in [-0.39, 0.29) is 35.6 Å². The summed E-state index contributed by atoms with van der Waals surface area (Å²) >= 11 is 0. The summed E-state index contributed by atoms with van der Waals surface area (Å²) in [6.07, 6.45) is 4.00. The molecule has 2 aliphatic rings. The molecular formula is C46H53NO6Si. The molecule has 0 saturated carbocycles. The SMILES string of the molecule is CCC/C(=C\c1cccc(O)c1)CC[C@@H](O)C1=C(CO[Si](c2ccccc2)(c2ccccc2)C(C)(C)C)C[C@H]2C(=O)N(c3ccccc3)C(=O)[C@H]2[C@H]1CO. The van der Waals surface area contributed by atoms with E-state index in [0.717, 1.165) is 39.9 Å². The Morgan fingerprint density at radius 1 is 0.870 bits per heavy atom. The average Bonchev–Trinajstić information content (AvgIpc) is 3.42. The number of carbonyl (C=O) groups excluding carboxylic acids is 2. The first-order valence-electron chi connectivity index (χ1n) is 19.2. The molecule has 0 aromatic heterocycles. The standard InChI is InChI=1S/C46H53NO6Si/c1-5-16-32(27-33-17-15-20-36(49)28-33)25-26-41(50)42-34(29-39-43(40(42)30-48)45(52)47(44(39)51)35-18-9-6-10-19-35)31-53-54(46(2,3)4,37-21-11-7-12-22-37)38-23-13-8-14-24-38/h6-15,17-24,27-28,39-41,43,48-50H,5,16,25-26,29-31H2,1-4H3/b32-27+/t39-,40+,41-,43-/m1/s1. The van der Waals surface area contributed by atoms with Crippen LogP contribution in [0.25, 0.3) is 6.08 Å². The number of phenolic OH excluding ortho intramolecular Hbond substituents is 1.